The van der Waals surface area contributed by atoms with Gasteiger partial charge in [0.05, 0.1) is 10.9 Å². The quantitative estimate of drug-likeness (QED) is 0.814. The Balaban J connectivity index is 1.45. The summed E-state index contributed by atoms with van der Waals surface area (Å²) in [5.74, 6) is 1.39. The van der Waals surface area contributed by atoms with Crippen LogP contribution in [0.3, 0.4) is 0 Å². The van der Waals surface area contributed by atoms with Crippen LogP contribution in [-0.2, 0) is 17.8 Å². The molecule has 7 heteroatoms. The molecule has 26 heavy (non-hydrogen) atoms. The van der Waals surface area contributed by atoms with Gasteiger partial charge in [0.1, 0.15) is 11.6 Å². The summed E-state index contributed by atoms with van der Waals surface area (Å²) in [6.45, 7) is 7.17. The Bertz CT molecular complexity index is 884. The predicted octanol–water partition coefficient (Wildman–Crippen LogP) is 0.886. The molecule has 0 atom stereocenters. The van der Waals surface area contributed by atoms with Gasteiger partial charge in [0, 0.05) is 39.1 Å². The lowest BCUT2D eigenvalue weighted by Crippen LogP contribution is -2.49. The molecule has 2 aliphatic heterocycles. The fourth-order valence-corrected chi connectivity index (χ4v) is 3.70. The van der Waals surface area contributed by atoms with E-state index in [0.717, 1.165) is 57.9 Å². The second kappa shape index (κ2) is 7.07. The Kier molecular flexibility index (Phi) is 4.63. The monoisotopic (exact) mass is 356 g/mol. The zero-order chi connectivity index (χ0) is 18.1. The van der Waals surface area contributed by atoms with Crippen LogP contribution in [0.2, 0.25) is 0 Å². The summed E-state index contributed by atoms with van der Waals surface area (Å²) < 4.78 is 7.42. The predicted molar refractivity (Wildman–Crippen MR) is 98.5 cm³/mol. The van der Waals surface area contributed by atoms with Crippen LogP contribution < -0.4 is 10.3 Å². The maximum atomic E-state index is 12.6. The second-order valence-electron chi connectivity index (χ2n) is 6.87. The van der Waals surface area contributed by atoms with Gasteiger partial charge in [-0.3, -0.25) is 14.2 Å². The molecule has 7 nitrogen and oxygen atoms in total. The first kappa shape index (κ1) is 17.0. The molecular formula is C19H24N4O3. The zero-order valence-electron chi connectivity index (χ0n) is 15.1. The summed E-state index contributed by atoms with van der Waals surface area (Å²) in [4.78, 5) is 33.7. The average molecular weight is 356 g/mol. The van der Waals surface area contributed by atoms with E-state index in [9.17, 15) is 9.59 Å². The van der Waals surface area contributed by atoms with Crippen molar-refractivity contribution in [3.05, 3.63) is 34.4 Å². The molecule has 0 N–H and O–H groups in total. The molecule has 1 fully saturated rings. The fraction of sp³-hybridized carbons (Fsp3) is 0.526. The molecule has 2 aromatic rings. The van der Waals surface area contributed by atoms with Crippen molar-refractivity contribution < 1.29 is 9.53 Å². The topological polar surface area (TPSA) is 67.7 Å². The molecule has 4 rings (SSSR count). The number of hydrogen-bond donors (Lipinski definition) is 0. The van der Waals surface area contributed by atoms with E-state index in [4.69, 9.17) is 4.74 Å². The molecule has 0 aliphatic carbocycles. The van der Waals surface area contributed by atoms with Gasteiger partial charge in [-0.1, -0.05) is 6.92 Å². The third-order valence-electron chi connectivity index (χ3n) is 5.32. The SMILES string of the molecule is CCN1CCN(C(=O)COc2ccc3nc4n(c(=O)c3c2)CCC4)CC1. The fourth-order valence-electron chi connectivity index (χ4n) is 3.70. The Hall–Kier alpha value is -2.41. The van der Waals surface area contributed by atoms with E-state index >= 15 is 0 Å². The number of amides is 1. The summed E-state index contributed by atoms with van der Waals surface area (Å²) in [6, 6.07) is 5.29. The van der Waals surface area contributed by atoms with Gasteiger partial charge in [0.25, 0.3) is 11.5 Å². The highest BCUT2D eigenvalue weighted by molar-refractivity contribution is 5.80. The molecule has 1 aromatic heterocycles. The molecule has 2 aliphatic rings. The number of carbonyl (C=O) groups is 1. The van der Waals surface area contributed by atoms with Gasteiger partial charge < -0.3 is 14.5 Å². The molecule has 1 aromatic carbocycles. The molecule has 0 spiro atoms. The smallest absolute Gasteiger partial charge is 0.261 e. The maximum Gasteiger partial charge on any atom is 0.261 e. The number of carbonyl (C=O) groups excluding carboxylic acids is 1. The third-order valence-corrected chi connectivity index (χ3v) is 5.32. The molecule has 1 saturated heterocycles. The van der Waals surface area contributed by atoms with E-state index in [1.54, 1.807) is 22.8 Å². The number of hydrogen-bond acceptors (Lipinski definition) is 5. The number of fused-ring (bicyclic) bond motifs is 2. The minimum atomic E-state index is -0.0186. The minimum absolute atomic E-state index is 0.00264. The molecule has 0 saturated carbocycles. The Labute approximate surface area is 152 Å². The van der Waals surface area contributed by atoms with Crippen molar-refractivity contribution in [2.24, 2.45) is 0 Å². The van der Waals surface area contributed by atoms with Crippen molar-refractivity contribution >= 4 is 16.8 Å². The van der Waals surface area contributed by atoms with Crippen LogP contribution in [-0.4, -0.2) is 64.6 Å². The van der Waals surface area contributed by atoms with Crippen LogP contribution in [0.1, 0.15) is 19.2 Å². The zero-order valence-corrected chi connectivity index (χ0v) is 15.1. The summed E-state index contributed by atoms with van der Waals surface area (Å²) in [7, 11) is 0. The van der Waals surface area contributed by atoms with Gasteiger partial charge in [-0.2, -0.15) is 0 Å². The van der Waals surface area contributed by atoms with E-state index in [1.165, 1.54) is 0 Å². The van der Waals surface area contributed by atoms with Crippen LogP contribution in [0, 0.1) is 0 Å². The van der Waals surface area contributed by atoms with Crippen LogP contribution in [0.15, 0.2) is 23.0 Å². The Morgan fingerprint density at radius 2 is 2.00 bits per heavy atom. The number of likely N-dealkylation sites (N-methyl/N-ethyl adjacent to an activating group) is 1. The average Bonchev–Trinajstić information content (AvgIpc) is 3.15. The summed E-state index contributed by atoms with van der Waals surface area (Å²) in [5.41, 5.74) is 0.674. The molecule has 0 unspecified atom stereocenters. The number of ether oxygens (including phenoxy) is 1. The van der Waals surface area contributed by atoms with Crippen LogP contribution in [0.4, 0.5) is 0 Å². The number of rotatable bonds is 4. The van der Waals surface area contributed by atoms with Crippen molar-refractivity contribution in [3.8, 4) is 5.75 Å². The lowest BCUT2D eigenvalue weighted by Gasteiger charge is -2.33. The Morgan fingerprint density at radius 1 is 1.19 bits per heavy atom. The van der Waals surface area contributed by atoms with Crippen molar-refractivity contribution in [3.63, 3.8) is 0 Å². The molecule has 0 bridgehead atoms. The highest BCUT2D eigenvalue weighted by Gasteiger charge is 2.21. The summed E-state index contributed by atoms with van der Waals surface area (Å²) in [5, 5.41) is 0.553. The van der Waals surface area contributed by atoms with Crippen molar-refractivity contribution in [1.82, 2.24) is 19.4 Å². The normalized spacial score (nSPS) is 17.5. The van der Waals surface area contributed by atoms with Gasteiger partial charge in [-0.25, -0.2) is 4.98 Å². The van der Waals surface area contributed by atoms with E-state index in [2.05, 4.69) is 16.8 Å². The maximum absolute atomic E-state index is 12.6. The van der Waals surface area contributed by atoms with Gasteiger partial charge in [0.2, 0.25) is 0 Å². The largest absolute Gasteiger partial charge is 0.484 e. The molecular weight excluding hydrogens is 332 g/mol. The van der Waals surface area contributed by atoms with E-state index in [-0.39, 0.29) is 18.1 Å². The third kappa shape index (κ3) is 3.19. The Morgan fingerprint density at radius 3 is 2.77 bits per heavy atom. The van der Waals surface area contributed by atoms with Crippen molar-refractivity contribution in [2.75, 3.05) is 39.3 Å². The number of benzene rings is 1. The summed E-state index contributed by atoms with van der Waals surface area (Å²) in [6.07, 6.45) is 1.81. The molecule has 138 valence electrons. The minimum Gasteiger partial charge on any atom is -0.484 e. The van der Waals surface area contributed by atoms with Crippen molar-refractivity contribution in [2.45, 2.75) is 26.3 Å². The van der Waals surface area contributed by atoms with Gasteiger partial charge >= 0.3 is 0 Å². The number of aryl methyl sites for hydroxylation is 1. The number of nitrogens with zero attached hydrogens (tertiary/aromatic N) is 4. The van der Waals surface area contributed by atoms with Crippen LogP contribution in [0.25, 0.3) is 10.9 Å². The van der Waals surface area contributed by atoms with E-state index < -0.39 is 0 Å². The molecule has 0 radical (unpaired) electrons. The first-order chi connectivity index (χ1) is 12.7. The van der Waals surface area contributed by atoms with Gasteiger partial charge in [0.15, 0.2) is 6.61 Å². The number of piperazine rings is 1. The molecule has 1 amide bonds. The number of aromatic nitrogens is 2. The first-order valence-corrected chi connectivity index (χ1v) is 9.32. The summed E-state index contributed by atoms with van der Waals surface area (Å²) >= 11 is 0. The first-order valence-electron chi connectivity index (χ1n) is 9.32. The second-order valence-corrected chi connectivity index (χ2v) is 6.87. The lowest BCUT2D eigenvalue weighted by atomic mass is 10.2. The van der Waals surface area contributed by atoms with Gasteiger partial charge in [-0.05, 0) is 31.2 Å². The van der Waals surface area contributed by atoms with Crippen molar-refractivity contribution in [1.29, 1.82) is 0 Å². The van der Waals surface area contributed by atoms with Crippen LogP contribution in [0.5, 0.6) is 5.75 Å². The standard InChI is InChI=1S/C19H24N4O3/c1-2-21-8-10-22(11-9-21)18(24)13-26-14-5-6-16-15(12-14)19(25)23-7-3-4-17(23)20-16/h5-6,12H,2-4,7-11,13H2,1H3. The highest BCUT2D eigenvalue weighted by Crippen LogP contribution is 2.20. The highest BCUT2D eigenvalue weighted by atomic mass is 16.5. The van der Waals surface area contributed by atoms with E-state index in [1.807, 2.05) is 4.90 Å². The van der Waals surface area contributed by atoms with E-state index in [0.29, 0.717) is 16.7 Å². The lowest BCUT2D eigenvalue weighted by molar-refractivity contribution is -0.135. The van der Waals surface area contributed by atoms with Crippen LogP contribution >= 0.6 is 0 Å². The van der Waals surface area contributed by atoms with Gasteiger partial charge in [-0.15, -0.1) is 0 Å². The molecule has 3 heterocycles.